The molecule has 2 N–H and O–H groups in total. The topological polar surface area (TPSA) is 67.4 Å². The van der Waals surface area contributed by atoms with Crippen molar-refractivity contribution in [1.82, 2.24) is 10.6 Å². The highest BCUT2D eigenvalue weighted by molar-refractivity contribution is 5.76. The van der Waals surface area contributed by atoms with E-state index in [4.69, 9.17) is 4.74 Å². The molecular formula is C10H18N2O3. The maximum absolute atomic E-state index is 11.3. The van der Waals surface area contributed by atoms with E-state index in [9.17, 15) is 9.59 Å². The fraction of sp³-hybridized carbons (Fsp3) is 0.800. The van der Waals surface area contributed by atoms with Gasteiger partial charge in [0, 0.05) is 26.6 Å². The van der Waals surface area contributed by atoms with E-state index in [1.54, 1.807) is 0 Å². The second kappa shape index (κ2) is 6.40. The van der Waals surface area contributed by atoms with Crippen molar-refractivity contribution in [1.29, 1.82) is 0 Å². The molecule has 5 nitrogen and oxygen atoms in total. The second-order valence-corrected chi connectivity index (χ2v) is 3.67. The van der Waals surface area contributed by atoms with Gasteiger partial charge in [0.25, 0.3) is 0 Å². The van der Waals surface area contributed by atoms with Crippen LogP contribution >= 0.6 is 0 Å². The predicted octanol–water partition coefficient (Wildman–Crippen LogP) is -0.192. The molecule has 0 aromatic rings. The Bertz CT molecular complexity index is 225. The molecule has 15 heavy (non-hydrogen) atoms. The van der Waals surface area contributed by atoms with Crippen LogP contribution in [0.1, 0.15) is 26.2 Å². The molecule has 0 aromatic heterocycles. The maximum atomic E-state index is 11.3. The van der Waals surface area contributed by atoms with Crippen LogP contribution in [0.4, 0.5) is 0 Å². The first-order valence-electron chi connectivity index (χ1n) is 5.31. The van der Waals surface area contributed by atoms with Gasteiger partial charge < -0.3 is 15.4 Å². The van der Waals surface area contributed by atoms with Crippen molar-refractivity contribution in [3.63, 3.8) is 0 Å². The standard InChI is InChI=1S/C10H18N2O3/c1-8(13)11-4-5-12-10(14)7-9-3-2-6-15-9/h9H,2-7H2,1H3,(H,11,13)(H,12,14). The normalized spacial score (nSPS) is 19.9. The predicted molar refractivity (Wildman–Crippen MR) is 55.3 cm³/mol. The van der Waals surface area contributed by atoms with Gasteiger partial charge in [0.1, 0.15) is 0 Å². The smallest absolute Gasteiger partial charge is 0.222 e. The van der Waals surface area contributed by atoms with E-state index in [2.05, 4.69) is 10.6 Å². The van der Waals surface area contributed by atoms with E-state index in [1.807, 2.05) is 0 Å². The van der Waals surface area contributed by atoms with Crippen LogP contribution in [-0.4, -0.2) is 37.6 Å². The van der Waals surface area contributed by atoms with E-state index in [-0.39, 0.29) is 17.9 Å². The lowest BCUT2D eigenvalue weighted by Crippen LogP contribution is -2.34. The van der Waals surface area contributed by atoms with Gasteiger partial charge in [-0.1, -0.05) is 0 Å². The fourth-order valence-corrected chi connectivity index (χ4v) is 1.52. The summed E-state index contributed by atoms with van der Waals surface area (Å²) in [6.07, 6.45) is 2.54. The molecule has 86 valence electrons. The molecule has 1 fully saturated rings. The van der Waals surface area contributed by atoms with Gasteiger partial charge in [0.05, 0.1) is 12.5 Å². The third-order valence-corrected chi connectivity index (χ3v) is 2.26. The number of amides is 2. The minimum Gasteiger partial charge on any atom is -0.378 e. The first kappa shape index (κ1) is 12.0. The molecule has 0 spiro atoms. The second-order valence-electron chi connectivity index (χ2n) is 3.67. The average Bonchev–Trinajstić information content (AvgIpc) is 2.64. The van der Waals surface area contributed by atoms with Crippen molar-refractivity contribution < 1.29 is 14.3 Å². The van der Waals surface area contributed by atoms with Crippen LogP contribution in [0, 0.1) is 0 Å². The molecule has 0 saturated carbocycles. The lowest BCUT2D eigenvalue weighted by Gasteiger charge is -2.09. The molecule has 1 rings (SSSR count). The van der Waals surface area contributed by atoms with Gasteiger partial charge >= 0.3 is 0 Å². The minimum absolute atomic E-state index is 0.00717. The minimum atomic E-state index is -0.0802. The van der Waals surface area contributed by atoms with Crippen LogP contribution in [0.25, 0.3) is 0 Å². The molecule has 0 bridgehead atoms. The first-order valence-corrected chi connectivity index (χ1v) is 5.31. The summed E-state index contributed by atoms with van der Waals surface area (Å²) >= 11 is 0. The van der Waals surface area contributed by atoms with E-state index >= 15 is 0 Å². The van der Waals surface area contributed by atoms with Crippen LogP contribution in [0.15, 0.2) is 0 Å². The zero-order valence-corrected chi connectivity index (χ0v) is 9.04. The van der Waals surface area contributed by atoms with Gasteiger partial charge in [-0.25, -0.2) is 0 Å². The highest BCUT2D eigenvalue weighted by Crippen LogP contribution is 2.14. The quantitative estimate of drug-likeness (QED) is 0.623. The molecule has 1 saturated heterocycles. The van der Waals surface area contributed by atoms with Crippen LogP contribution in [0.3, 0.4) is 0 Å². The number of hydrogen-bond donors (Lipinski definition) is 2. The molecule has 1 heterocycles. The Morgan fingerprint density at radius 3 is 2.67 bits per heavy atom. The summed E-state index contributed by atoms with van der Waals surface area (Å²) in [5.74, 6) is -0.0874. The summed E-state index contributed by atoms with van der Waals surface area (Å²) in [5, 5.41) is 5.34. The number of hydrogen-bond acceptors (Lipinski definition) is 3. The highest BCUT2D eigenvalue weighted by Gasteiger charge is 2.18. The van der Waals surface area contributed by atoms with Gasteiger partial charge in [0.2, 0.25) is 11.8 Å². The van der Waals surface area contributed by atoms with Crippen molar-refractivity contribution in [3.8, 4) is 0 Å². The SMILES string of the molecule is CC(=O)NCCNC(=O)CC1CCCO1. The zero-order chi connectivity index (χ0) is 11.1. The third-order valence-electron chi connectivity index (χ3n) is 2.26. The van der Waals surface area contributed by atoms with Gasteiger partial charge in [-0.3, -0.25) is 9.59 Å². The number of carbonyl (C=O) groups excluding carboxylic acids is 2. The Kier molecular flexibility index (Phi) is 5.10. The van der Waals surface area contributed by atoms with Crippen LogP contribution in [0.2, 0.25) is 0 Å². The number of carbonyl (C=O) groups is 2. The molecule has 1 aliphatic heterocycles. The van der Waals surface area contributed by atoms with Crippen molar-refractivity contribution >= 4 is 11.8 Å². The Morgan fingerprint density at radius 2 is 2.07 bits per heavy atom. The number of nitrogens with one attached hydrogen (secondary N) is 2. The lowest BCUT2D eigenvalue weighted by molar-refractivity contribution is -0.123. The van der Waals surface area contributed by atoms with Crippen LogP contribution < -0.4 is 10.6 Å². The highest BCUT2D eigenvalue weighted by atomic mass is 16.5. The summed E-state index contributed by atoms with van der Waals surface area (Å²) in [6, 6.07) is 0. The summed E-state index contributed by atoms with van der Waals surface area (Å²) in [5.41, 5.74) is 0. The molecule has 1 unspecified atom stereocenters. The molecule has 5 heteroatoms. The monoisotopic (exact) mass is 214 g/mol. The van der Waals surface area contributed by atoms with Gasteiger partial charge in [-0.2, -0.15) is 0 Å². The van der Waals surface area contributed by atoms with Gasteiger partial charge in [-0.15, -0.1) is 0 Å². The molecule has 2 amide bonds. The van der Waals surface area contributed by atoms with E-state index < -0.39 is 0 Å². The van der Waals surface area contributed by atoms with Crippen LogP contribution in [0.5, 0.6) is 0 Å². The van der Waals surface area contributed by atoms with E-state index in [0.29, 0.717) is 19.5 Å². The average molecular weight is 214 g/mol. The molecule has 1 aliphatic rings. The number of rotatable bonds is 5. The summed E-state index contributed by atoms with van der Waals surface area (Å²) < 4.78 is 5.34. The zero-order valence-electron chi connectivity index (χ0n) is 9.04. The molecule has 0 radical (unpaired) electrons. The molecular weight excluding hydrogens is 196 g/mol. The first-order chi connectivity index (χ1) is 7.18. The Labute approximate surface area is 89.6 Å². The Balaban J connectivity index is 2.00. The fourth-order valence-electron chi connectivity index (χ4n) is 1.52. The van der Waals surface area contributed by atoms with Gasteiger partial charge in [0.15, 0.2) is 0 Å². The van der Waals surface area contributed by atoms with E-state index in [1.165, 1.54) is 6.92 Å². The largest absolute Gasteiger partial charge is 0.378 e. The summed E-state index contributed by atoms with van der Waals surface area (Å²) in [7, 11) is 0. The Morgan fingerprint density at radius 1 is 1.33 bits per heavy atom. The molecule has 0 aromatic carbocycles. The third kappa shape index (κ3) is 5.37. The summed E-state index contributed by atoms with van der Waals surface area (Å²) in [4.78, 5) is 21.9. The lowest BCUT2D eigenvalue weighted by atomic mass is 10.2. The van der Waals surface area contributed by atoms with Gasteiger partial charge in [-0.05, 0) is 12.8 Å². The van der Waals surface area contributed by atoms with Crippen LogP contribution in [-0.2, 0) is 14.3 Å². The maximum Gasteiger partial charge on any atom is 0.222 e. The van der Waals surface area contributed by atoms with Crippen molar-refractivity contribution in [3.05, 3.63) is 0 Å². The number of ether oxygens (including phenoxy) is 1. The van der Waals surface area contributed by atoms with Crippen molar-refractivity contribution in [2.24, 2.45) is 0 Å². The van der Waals surface area contributed by atoms with Crippen molar-refractivity contribution in [2.75, 3.05) is 19.7 Å². The van der Waals surface area contributed by atoms with Crippen molar-refractivity contribution in [2.45, 2.75) is 32.3 Å². The summed E-state index contributed by atoms with van der Waals surface area (Å²) in [6.45, 7) is 3.18. The molecule has 0 aliphatic carbocycles. The molecule has 1 atom stereocenters. The van der Waals surface area contributed by atoms with E-state index in [0.717, 1.165) is 19.4 Å². The Hall–Kier alpha value is -1.10.